The van der Waals surface area contributed by atoms with Gasteiger partial charge in [-0.15, -0.1) is 0 Å². The smallest absolute Gasteiger partial charge is 0.376 e. The van der Waals surface area contributed by atoms with Gasteiger partial charge in [0.25, 0.3) is 0 Å². The van der Waals surface area contributed by atoms with Gasteiger partial charge in [0, 0.05) is 6.54 Å². The summed E-state index contributed by atoms with van der Waals surface area (Å²) in [5.74, 6) is -0.208. The maximum Gasteiger partial charge on any atom is 0.376 e. The summed E-state index contributed by atoms with van der Waals surface area (Å²) in [4.78, 5) is 14.2. The molecular weight excluding hydrogens is 325 g/mol. The van der Waals surface area contributed by atoms with Crippen molar-refractivity contribution in [3.8, 4) is 0 Å². The summed E-state index contributed by atoms with van der Waals surface area (Å²) < 4.78 is 5.59. The van der Waals surface area contributed by atoms with Crippen molar-refractivity contribution < 1.29 is 14.6 Å². The van der Waals surface area contributed by atoms with E-state index in [9.17, 15) is 9.82 Å². The van der Waals surface area contributed by atoms with E-state index in [1.807, 2.05) is 53.3 Å². The first-order chi connectivity index (χ1) is 12.6. The van der Waals surface area contributed by atoms with Crippen molar-refractivity contribution in [3.63, 3.8) is 0 Å². The number of cyclic esters (lactones) is 1. The molecule has 1 heterocycles. The fourth-order valence-electron chi connectivity index (χ4n) is 3.51. The third-order valence-electron chi connectivity index (χ3n) is 4.99. The molecule has 0 amide bonds. The molecule has 3 rings (SSSR count). The van der Waals surface area contributed by atoms with E-state index in [0.29, 0.717) is 13.0 Å². The zero-order valence-corrected chi connectivity index (χ0v) is 15.3. The summed E-state index contributed by atoms with van der Waals surface area (Å²) in [6, 6.07) is 20.3. The Labute approximate surface area is 155 Å². The zero-order valence-electron chi connectivity index (χ0n) is 15.3. The Morgan fingerprint density at radius 1 is 1.08 bits per heavy atom. The molecule has 1 saturated heterocycles. The van der Waals surface area contributed by atoms with Crippen LogP contribution in [0.15, 0.2) is 60.7 Å². The topological polar surface area (TPSA) is 49.8 Å². The Kier molecular flexibility index (Phi) is 6.48. The van der Waals surface area contributed by atoms with E-state index in [0.717, 1.165) is 24.9 Å². The normalized spacial score (nSPS) is 19.6. The van der Waals surface area contributed by atoms with Gasteiger partial charge in [0.1, 0.15) is 6.10 Å². The number of hydrogen-bond acceptors (Lipinski definition) is 4. The highest BCUT2D eigenvalue weighted by Crippen LogP contribution is 2.25. The van der Waals surface area contributed by atoms with E-state index in [1.54, 1.807) is 6.82 Å². The molecule has 2 atom stereocenters. The molecule has 0 bridgehead atoms. The lowest BCUT2D eigenvalue weighted by Gasteiger charge is -2.25. The molecule has 1 N–H and O–H groups in total. The van der Waals surface area contributed by atoms with Crippen molar-refractivity contribution >= 4 is 13.0 Å². The molecule has 1 aliphatic heterocycles. The van der Waals surface area contributed by atoms with E-state index in [1.165, 1.54) is 5.56 Å². The van der Waals surface area contributed by atoms with E-state index < -0.39 is 7.05 Å². The highest BCUT2D eigenvalue weighted by Gasteiger charge is 2.36. The van der Waals surface area contributed by atoms with Crippen LogP contribution in [0.4, 0.5) is 0 Å². The van der Waals surface area contributed by atoms with Crippen LogP contribution in [0, 0.1) is 5.92 Å². The Morgan fingerprint density at radius 3 is 2.31 bits per heavy atom. The lowest BCUT2D eigenvalue weighted by atomic mass is 9.83. The van der Waals surface area contributed by atoms with Crippen LogP contribution in [-0.4, -0.2) is 42.0 Å². The number of carbonyl (C=O) groups is 1. The van der Waals surface area contributed by atoms with Gasteiger partial charge in [-0.05, 0) is 43.8 Å². The summed E-state index contributed by atoms with van der Waals surface area (Å²) in [5.41, 5.74) is 2.40. The summed E-state index contributed by atoms with van der Waals surface area (Å²) in [6.07, 6.45) is 2.14. The van der Waals surface area contributed by atoms with Gasteiger partial charge in [-0.3, -0.25) is 4.79 Å². The summed E-state index contributed by atoms with van der Waals surface area (Å²) >= 11 is 0. The van der Waals surface area contributed by atoms with Crippen LogP contribution in [0.2, 0.25) is 6.82 Å². The monoisotopic (exact) mass is 351 g/mol. The van der Waals surface area contributed by atoms with Crippen LogP contribution >= 0.6 is 0 Å². The van der Waals surface area contributed by atoms with Gasteiger partial charge in [-0.2, -0.15) is 0 Å². The Hall–Kier alpha value is -2.11. The van der Waals surface area contributed by atoms with Crippen molar-refractivity contribution in [2.75, 3.05) is 13.1 Å². The molecule has 0 radical (unpaired) electrons. The van der Waals surface area contributed by atoms with Gasteiger partial charge in [0.2, 0.25) is 0 Å². The van der Waals surface area contributed by atoms with Crippen LogP contribution in [0.5, 0.6) is 0 Å². The maximum atomic E-state index is 12.2. The molecule has 4 nitrogen and oxygen atoms in total. The molecule has 1 fully saturated rings. The van der Waals surface area contributed by atoms with Crippen LogP contribution in [0.3, 0.4) is 0 Å². The highest BCUT2D eigenvalue weighted by atomic mass is 16.6. The fourth-order valence-corrected chi connectivity index (χ4v) is 3.51. The summed E-state index contributed by atoms with van der Waals surface area (Å²) in [6.45, 7) is 3.07. The molecule has 0 saturated carbocycles. The van der Waals surface area contributed by atoms with Gasteiger partial charge >= 0.3 is 13.0 Å². The average Bonchev–Trinajstić information content (AvgIpc) is 2.99. The number of nitrogens with zero attached hydrogens (tertiary/aromatic N) is 1. The van der Waals surface area contributed by atoms with Crippen LogP contribution in [0.1, 0.15) is 17.5 Å². The minimum Gasteiger partial charge on any atom is -0.461 e. The quantitative estimate of drug-likeness (QED) is 0.587. The molecule has 26 heavy (non-hydrogen) atoms. The van der Waals surface area contributed by atoms with Crippen molar-refractivity contribution in [1.29, 1.82) is 0 Å². The standard InChI is InChI=1S/C21H26BNO3/c1-22(25)23(13-12-17-8-4-2-5-9-17)16-20-15-19(21(24)26-20)14-18-10-6-3-7-11-18/h2-11,19-20,25H,12-16H2,1H3/t19-,20?/m1/s1. The first-order valence-corrected chi connectivity index (χ1v) is 9.32. The molecule has 0 aromatic heterocycles. The van der Waals surface area contributed by atoms with Crippen molar-refractivity contribution in [2.24, 2.45) is 5.92 Å². The first-order valence-electron chi connectivity index (χ1n) is 9.32. The molecule has 136 valence electrons. The SMILES string of the molecule is CB(O)N(CCc1ccccc1)CC1C[C@@H](Cc2ccccc2)C(=O)O1. The average molecular weight is 351 g/mol. The Balaban J connectivity index is 1.53. The second kappa shape index (κ2) is 9.01. The lowest BCUT2D eigenvalue weighted by molar-refractivity contribution is -0.144. The molecule has 0 aliphatic carbocycles. The van der Waals surface area contributed by atoms with Gasteiger partial charge in [-0.25, -0.2) is 0 Å². The third kappa shape index (κ3) is 5.20. The molecule has 2 aromatic carbocycles. The minimum atomic E-state index is -0.564. The largest absolute Gasteiger partial charge is 0.461 e. The van der Waals surface area contributed by atoms with E-state index in [-0.39, 0.29) is 18.0 Å². The Bertz CT molecular complexity index is 693. The van der Waals surface area contributed by atoms with E-state index in [4.69, 9.17) is 4.74 Å². The predicted molar refractivity (Wildman–Crippen MR) is 104 cm³/mol. The molecule has 0 spiro atoms. The van der Waals surface area contributed by atoms with Crippen LogP contribution in [-0.2, 0) is 22.4 Å². The second-order valence-electron chi connectivity index (χ2n) is 7.04. The molecule has 2 aromatic rings. The lowest BCUT2D eigenvalue weighted by Crippen LogP contribution is -2.43. The predicted octanol–water partition coefficient (Wildman–Crippen LogP) is 2.82. The van der Waals surface area contributed by atoms with E-state index >= 15 is 0 Å². The van der Waals surface area contributed by atoms with E-state index in [2.05, 4.69) is 12.1 Å². The van der Waals surface area contributed by atoms with Crippen molar-refractivity contribution in [3.05, 3.63) is 71.8 Å². The van der Waals surface area contributed by atoms with Gasteiger partial charge in [0.05, 0.1) is 5.92 Å². The molecule has 5 heteroatoms. The molecule has 1 aliphatic rings. The number of rotatable bonds is 8. The van der Waals surface area contributed by atoms with Crippen molar-refractivity contribution in [2.45, 2.75) is 32.2 Å². The van der Waals surface area contributed by atoms with Crippen LogP contribution < -0.4 is 0 Å². The Morgan fingerprint density at radius 2 is 1.69 bits per heavy atom. The third-order valence-corrected chi connectivity index (χ3v) is 4.99. The summed E-state index contributed by atoms with van der Waals surface area (Å²) in [5, 5.41) is 10.1. The molecular formula is C21H26BNO3. The van der Waals surface area contributed by atoms with Gasteiger partial charge < -0.3 is 14.6 Å². The number of benzene rings is 2. The van der Waals surface area contributed by atoms with Gasteiger partial charge in [0.15, 0.2) is 0 Å². The number of esters is 1. The molecule has 1 unspecified atom stereocenters. The number of hydrogen-bond donors (Lipinski definition) is 1. The summed E-state index contributed by atoms with van der Waals surface area (Å²) in [7, 11) is -0.564. The highest BCUT2D eigenvalue weighted by molar-refractivity contribution is 6.45. The minimum absolute atomic E-state index is 0.0904. The number of ether oxygens (including phenoxy) is 1. The maximum absolute atomic E-state index is 12.2. The second-order valence-corrected chi connectivity index (χ2v) is 7.04. The van der Waals surface area contributed by atoms with Gasteiger partial charge in [-0.1, -0.05) is 60.7 Å². The number of carbonyl (C=O) groups excluding carboxylic acids is 1. The fraction of sp³-hybridized carbons (Fsp3) is 0.381. The first kappa shape index (κ1) is 18.7. The van der Waals surface area contributed by atoms with Crippen LogP contribution in [0.25, 0.3) is 0 Å². The van der Waals surface area contributed by atoms with Crippen molar-refractivity contribution in [1.82, 2.24) is 4.81 Å². The zero-order chi connectivity index (χ0) is 18.4.